The van der Waals surface area contributed by atoms with Crippen molar-refractivity contribution in [2.24, 2.45) is 0 Å². The maximum Gasteiger partial charge on any atom is 0.300 e. The average molecular weight is 635 g/mol. The number of para-hydroxylation sites is 2. The van der Waals surface area contributed by atoms with Gasteiger partial charge in [0.2, 0.25) is 0 Å². The summed E-state index contributed by atoms with van der Waals surface area (Å²) >= 11 is 0. The fourth-order valence-electron chi connectivity index (χ4n) is 6.04. The van der Waals surface area contributed by atoms with E-state index in [9.17, 15) is 9.13 Å². The van der Waals surface area contributed by atoms with E-state index < -0.39 is 14.7 Å². The molecule has 6 aromatic carbocycles. The maximum absolute atomic E-state index is 14.1. The molecular formula is C40H28O4P2. The van der Waals surface area contributed by atoms with E-state index in [1.807, 2.05) is 158 Å². The molecule has 6 heteroatoms. The fourth-order valence-corrected chi connectivity index (χ4v) is 9.97. The van der Waals surface area contributed by atoms with Crippen LogP contribution in [0.4, 0.5) is 0 Å². The molecule has 2 unspecified atom stereocenters. The topological polar surface area (TPSA) is 52.6 Å². The predicted molar refractivity (Wildman–Crippen MR) is 189 cm³/mol. The Morgan fingerprint density at radius 2 is 0.739 bits per heavy atom. The molecule has 2 aliphatic heterocycles. The SMILES string of the molecule is O=P1(C=Cc2ccc(-c3ccc(C=CP4(=O)Oc5ccccc5-c5ccccc54)cc3)cc2)Oc2ccccc2-c2ccccc21. The molecule has 0 amide bonds. The van der Waals surface area contributed by atoms with Gasteiger partial charge in [-0.1, -0.05) is 121 Å². The first kappa shape index (κ1) is 28.3. The van der Waals surface area contributed by atoms with Gasteiger partial charge in [0.05, 0.1) is 10.6 Å². The summed E-state index contributed by atoms with van der Waals surface area (Å²) in [4.78, 5) is 0. The van der Waals surface area contributed by atoms with Crippen LogP contribution in [0.3, 0.4) is 0 Å². The van der Waals surface area contributed by atoms with Crippen molar-refractivity contribution in [2.75, 3.05) is 0 Å². The Morgan fingerprint density at radius 3 is 1.15 bits per heavy atom. The van der Waals surface area contributed by atoms with Gasteiger partial charge in [0.1, 0.15) is 11.5 Å². The normalized spacial score (nSPS) is 19.4. The molecule has 0 saturated carbocycles. The molecule has 2 atom stereocenters. The standard InChI is InChI=1S/C40H28O4P2/c41-45(39-15-7-3-11-35(39)33-9-1-5-13-37(33)43-45)27-25-29-17-21-31(22-18-29)32-23-19-30(20-24-32)26-28-46(42)40-16-8-4-12-36(40)34-10-2-6-14-38(34)44-46/h1-28H. The molecule has 2 heterocycles. The van der Waals surface area contributed by atoms with Gasteiger partial charge in [-0.25, -0.2) is 0 Å². The Bertz CT molecular complexity index is 2100. The number of hydrogen-bond donors (Lipinski definition) is 0. The van der Waals surface area contributed by atoms with Gasteiger partial charge in [-0.15, -0.1) is 0 Å². The lowest BCUT2D eigenvalue weighted by molar-refractivity contribution is 0.500. The van der Waals surface area contributed by atoms with Crippen LogP contribution in [0.2, 0.25) is 0 Å². The molecule has 6 aromatic rings. The molecule has 222 valence electrons. The van der Waals surface area contributed by atoms with Crippen molar-refractivity contribution in [1.29, 1.82) is 0 Å². The van der Waals surface area contributed by atoms with E-state index in [2.05, 4.69) is 0 Å². The summed E-state index contributed by atoms with van der Waals surface area (Å²) in [5.74, 6) is 4.68. The van der Waals surface area contributed by atoms with E-state index in [1.54, 1.807) is 11.6 Å². The molecule has 0 spiro atoms. The second-order valence-corrected chi connectivity index (χ2v) is 15.6. The molecule has 46 heavy (non-hydrogen) atoms. The molecule has 0 N–H and O–H groups in total. The first-order valence-electron chi connectivity index (χ1n) is 15.0. The first-order chi connectivity index (χ1) is 22.5. The van der Waals surface area contributed by atoms with Crippen LogP contribution >= 0.6 is 14.7 Å². The van der Waals surface area contributed by atoms with Gasteiger partial charge in [0.25, 0.3) is 14.7 Å². The predicted octanol–water partition coefficient (Wildman–Crippen LogP) is 10.6. The minimum Gasteiger partial charge on any atom is -0.437 e. The highest BCUT2D eigenvalue weighted by Gasteiger charge is 2.34. The Balaban J connectivity index is 1.00. The van der Waals surface area contributed by atoms with Crippen LogP contribution in [0.5, 0.6) is 11.5 Å². The summed E-state index contributed by atoms with van der Waals surface area (Å²) in [6.45, 7) is 0. The van der Waals surface area contributed by atoms with Crippen LogP contribution in [-0.2, 0) is 9.13 Å². The fraction of sp³-hybridized carbons (Fsp3) is 0. The van der Waals surface area contributed by atoms with Crippen molar-refractivity contribution in [3.05, 3.63) is 168 Å². The lowest BCUT2D eigenvalue weighted by Gasteiger charge is -2.26. The van der Waals surface area contributed by atoms with Crippen molar-refractivity contribution in [1.82, 2.24) is 0 Å². The second kappa shape index (κ2) is 11.3. The van der Waals surface area contributed by atoms with Crippen molar-refractivity contribution < 1.29 is 18.2 Å². The minimum atomic E-state index is -3.25. The summed E-state index contributed by atoms with van der Waals surface area (Å²) in [6.07, 6.45) is 3.74. The van der Waals surface area contributed by atoms with Crippen molar-refractivity contribution in [3.63, 3.8) is 0 Å². The third-order valence-corrected chi connectivity index (χ3v) is 12.5. The van der Waals surface area contributed by atoms with E-state index in [0.29, 0.717) is 22.1 Å². The Morgan fingerprint density at radius 1 is 0.391 bits per heavy atom. The van der Waals surface area contributed by atoms with Crippen LogP contribution in [-0.4, -0.2) is 0 Å². The molecule has 0 bridgehead atoms. The molecular weight excluding hydrogens is 606 g/mol. The molecule has 2 aliphatic rings. The summed E-state index contributed by atoms with van der Waals surface area (Å²) < 4.78 is 40.3. The molecule has 0 aromatic heterocycles. The van der Waals surface area contributed by atoms with Crippen LogP contribution in [0.25, 0.3) is 45.5 Å². The number of fused-ring (bicyclic) bond motifs is 6. The van der Waals surface area contributed by atoms with Gasteiger partial charge in [0, 0.05) is 22.8 Å². The molecule has 0 aliphatic carbocycles. The molecule has 0 radical (unpaired) electrons. The molecule has 0 saturated heterocycles. The minimum absolute atomic E-state index is 0.636. The largest absolute Gasteiger partial charge is 0.437 e. The highest BCUT2D eigenvalue weighted by Crippen LogP contribution is 2.57. The third kappa shape index (κ3) is 5.07. The number of rotatable bonds is 5. The van der Waals surface area contributed by atoms with Gasteiger partial charge in [-0.2, -0.15) is 0 Å². The van der Waals surface area contributed by atoms with E-state index in [4.69, 9.17) is 9.05 Å². The second-order valence-electron chi connectivity index (χ2n) is 11.3. The average Bonchev–Trinajstić information content (AvgIpc) is 3.11. The number of benzene rings is 6. The Labute approximate surface area is 268 Å². The Kier molecular flexibility index (Phi) is 6.99. The van der Waals surface area contributed by atoms with Gasteiger partial charge in [0.15, 0.2) is 0 Å². The lowest BCUT2D eigenvalue weighted by atomic mass is 10.0. The van der Waals surface area contributed by atoms with E-state index >= 15 is 0 Å². The zero-order valence-electron chi connectivity index (χ0n) is 24.7. The summed E-state index contributed by atoms with van der Waals surface area (Å²) in [5, 5.41) is 1.43. The van der Waals surface area contributed by atoms with Crippen LogP contribution < -0.4 is 19.7 Å². The van der Waals surface area contributed by atoms with Crippen molar-refractivity contribution in [3.8, 4) is 44.9 Å². The van der Waals surface area contributed by atoms with E-state index in [0.717, 1.165) is 44.5 Å². The van der Waals surface area contributed by atoms with Crippen LogP contribution in [0.1, 0.15) is 11.1 Å². The highest BCUT2D eigenvalue weighted by atomic mass is 31.2. The molecule has 0 fully saturated rings. The first-order valence-corrected chi connectivity index (χ1v) is 18.4. The van der Waals surface area contributed by atoms with Gasteiger partial charge < -0.3 is 9.05 Å². The zero-order valence-corrected chi connectivity index (χ0v) is 26.5. The van der Waals surface area contributed by atoms with Gasteiger partial charge in [-0.3, -0.25) is 9.13 Å². The smallest absolute Gasteiger partial charge is 0.300 e. The van der Waals surface area contributed by atoms with Gasteiger partial charge >= 0.3 is 0 Å². The maximum atomic E-state index is 14.1. The van der Waals surface area contributed by atoms with Crippen LogP contribution in [0.15, 0.2) is 157 Å². The zero-order chi connectivity index (χ0) is 31.1. The van der Waals surface area contributed by atoms with Crippen LogP contribution in [0, 0.1) is 0 Å². The molecule has 8 rings (SSSR count). The van der Waals surface area contributed by atoms with Gasteiger partial charge in [-0.05, 0) is 69.8 Å². The summed E-state index contributed by atoms with van der Waals surface area (Å²) in [7, 11) is -6.50. The van der Waals surface area contributed by atoms with Crippen molar-refractivity contribution >= 4 is 37.5 Å². The third-order valence-electron chi connectivity index (χ3n) is 8.38. The van der Waals surface area contributed by atoms with E-state index in [-0.39, 0.29) is 0 Å². The summed E-state index contributed by atoms with van der Waals surface area (Å²) in [6, 6.07) is 47.2. The monoisotopic (exact) mass is 634 g/mol. The lowest BCUT2D eigenvalue weighted by Crippen LogP contribution is -2.16. The highest BCUT2D eigenvalue weighted by molar-refractivity contribution is 7.71. The quantitative estimate of drug-likeness (QED) is 0.177. The van der Waals surface area contributed by atoms with E-state index in [1.165, 1.54) is 0 Å². The molecule has 4 nitrogen and oxygen atoms in total. The summed E-state index contributed by atoms with van der Waals surface area (Å²) in [5.41, 5.74) is 7.77. The Hall–Kier alpha value is -5.14. The van der Waals surface area contributed by atoms with Crippen molar-refractivity contribution in [2.45, 2.75) is 0 Å². The number of hydrogen-bond acceptors (Lipinski definition) is 4.